The molecule has 0 aromatic carbocycles. The van der Waals surface area contributed by atoms with Crippen molar-refractivity contribution in [1.82, 2.24) is 10.6 Å². The molecule has 0 aromatic rings. The number of hydrogen-bond acceptors (Lipinski definition) is 4. The zero-order valence-electron chi connectivity index (χ0n) is 14.2. The average molecular weight is 328 g/mol. The smallest absolute Gasteiger partial charge is 0.255 e. The number of nitrogens with one attached hydrogen (secondary N) is 2. The van der Waals surface area contributed by atoms with E-state index in [1.165, 1.54) is 0 Å². The van der Waals surface area contributed by atoms with Gasteiger partial charge in [-0.15, -0.1) is 0 Å². The molecular weight excluding hydrogens is 308 g/mol. The van der Waals surface area contributed by atoms with E-state index in [-0.39, 0.29) is 11.1 Å². The van der Waals surface area contributed by atoms with E-state index < -0.39 is 34.5 Å². The fourth-order valence-corrected chi connectivity index (χ4v) is 3.88. The number of hydrogen-bond donors (Lipinski definition) is 2. The standard InChI is InChI=1S/C18H20N2O4/c1-7-11(21)19-15(23)13-14(16(24)20-12(22)8-2)18(6)10(4)9(3)17(13,18)5/h7-8H,1-2H2,3-6H3,(H,19,21,23)(H,20,22,24). The first-order valence-electron chi connectivity index (χ1n) is 7.46. The second-order valence-electron chi connectivity index (χ2n) is 6.29. The zero-order valence-corrected chi connectivity index (χ0v) is 14.2. The number of amides is 4. The molecule has 0 bridgehead atoms. The number of allylic oxidation sites excluding steroid dienone is 2. The van der Waals surface area contributed by atoms with Crippen LogP contribution in [0.3, 0.4) is 0 Å². The predicted molar refractivity (Wildman–Crippen MR) is 88.3 cm³/mol. The Labute approximate surface area is 140 Å². The molecule has 2 aliphatic rings. The number of rotatable bonds is 4. The number of imide groups is 2. The largest absolute Gasteiger partial charge is 0.289 e. The number of fused-ring (bicyclic) bond motifs is 1. The predicted octanol–water partition coefficient (Wildman–Crippen LogP) is 1.32. The molecule has 0 aliphatic heterocycles. The Morgan fingerprint density at radius 2 is 1.08 bits per heavy atom. The van der Waals surface area contributed by atoms with Crippen molar-refractivity contribution in [2.45, 2.75) is 27.7 Å². The molecule has 2 N–H and O–H groups in total. The van der Waals surface area contributed by atoms with Crippen LogP contribution >= 0.6 is 0 Å². The summed E-state index contributed by atoms with van der Waals surface area (Å²) >= 11 is 0. The summed E-state index contributed by atoms with van der Waals surface area (Å²) < 4.78 is 0. The normalized spacial score (nSPS) is 27.3. The van der Waals surface area contributed by atoms with Crippen LogP contribution in [0.1, 0.15) is 27.7 Å². The van der Waals surface area contributed by atoms with Crippen LogP contribution in [0.15, 0.2) is 47.6 Å². The monoisotopic (exact) mass is 328 g/mol. The van der Waals surface area contributed by atoms with Crippen molar-refractivity contribution in [2.24, 2.45) is 10.8 Å². The molecule has 24 heavy (non-hydrogen) atoms. The number of carbonyl (C=O) groups is 4. The summed E-state index contributed by atoms with van der Waals surface area (Å²) in [5.74, 6) is -2.60. The van der Waals surface area contributed by atoms with Gasteiger partial charge in [0.05, 0.1) is 0 Å². The number of carbonyl (C=O) groups excluding carboxylic acids is 4. The lowest BCUT2D eigenvalue weighted by Gasteiger charge is -2.66. The van der Waals surface area contributed by atoms with Crippen molar-refractivity contribution in [3.63, 3.8) is 0 Å². The SMILES string of the molecule is C=CC(=O)NC(=O)C1=C(C(=O)NC(=O)C=C)C2(C)C(C)=C(C)C12C. The molecule has 0 aromatic heterocycles. The van der Waals surface area contributed by atoms with Crippen molar-refractivity contribution in [3.05, 3.63) is 47.6 Å². The lowest BCUT2D eigenvalue weighted by Crippen LogP contribution is -2.65. The summed E-state index contributed by atoms with van der Waals surface area (Å²) in [6.07, 6.45) is 1.96. The fourth-order valence-electron chi connectivity index (χ4n) is 3.88. The van der Waals surface area contributed by atoms with Gasteiger partial charge in [0, 0.05) is 22.0 Å². The van der Waals surface area contributed by atoms with E-state index in [1.807, 2.05) is 27.7 Å². The molecular formula is C18H20N2O4. The van der Waals surface area contributed by atoms with Gasteiger partial charge in [0.25, 0.3) is 11.8 Å². The Morgan fingerprint density at radius 1 is 0.792 bits per heavy atom. The minimum absolute atomic E-state index is 0.206. The van der Waals surface area contributed by atoms with Crippen molar-refractivity contribution >= 4 is 23.6 Å². The van der Waals surface area contributed by atoms with Gasteiger partial charge in [0.1, 0.15) is 0 Å². The Bertz CT molecular complexity index is 723. The molecule has 2 rings (SSSR count). The van der Waals surface area contributed by atoms with Gasteiger partial charge in [-0.2, -0.15) is 0 Å². The Morgan fingerprint density at radius 3 is 1.33 bits per heavy atom. The van der Waals surface area contributed by atoms with Gasteiger partial charge in [-0.05, 0) is 26.0 Å². The Kier molecular flexibility index (Phi) is 3.96. The minimum Gasteiger partial charge on any atom is -0.289 e. The first-order valence-corrected chi connectivity index (χ1v) is 7.46. The fraction of sp³-hybridized carbons (Fsp3) is 0.333. The molecule has 0 spiro atoms. The molecule has 2 aliphatic carbocycles. The first kappa shape index (κ1) is 17.6. The third-order valence-corrected chi connectivity index (χ3v) is 5.61. The van der Waals surface area contributed by atoms with Crippen LogP contribution in [0, 0.1) is 10.8 Å². The highest BCUT2D eigenvalue weighted by molar-refractivity contribution is 6.19. The molecule has 0 radical (unpaired) electrons. The molecule has 4 amide bonds. The first-order chi connectivity index (χ1) is 11.1. The van der Waals surface area contributed by atoms with Crippen LogP contribution in [0.2, 0.25) is 0 Å². The van der Waals surface area contributed by atoms with Crippen LogP contribution in [-0.2, 0) is 19.2 Å². The second kappa shape index (κ2) is 5.40. The van der Waals surface area contributed by atoms with Crippen molar-refractivity contribution in [3.8, 4) is 0 Å². The zero-order chi connectivity index (χ0) is 18.4. The maximum atomic E-state index is 12.5. The highest BCUT2D eigenvalue weighted by Crippen LogP contribution is 2.74. The molecule has 0 saturated carbocycles. The third kappa shape index (κ3) is 1.89. The van der Waals surface area contributed by atoms with E-state index in [2.05, 4.69) is 23.8 Å². The van der Waals surface area contributed by atoms with E-state index in [0.717, 1.165) is 23.3 Å². The average Bonchev–Trinajstić information content (AvgIpc) is 2.55. The van der Waals surface area contributed by atoms with Crippen LogP contribution in [0.25, 0.3) is 0 Å². The van der Waals surface area contributed by atoms with Crippen molar-refractivity contribution < 1.29 is 19.2 Å². The maximum absolute atomic E-state index is 12.5. The van der Waals surface area contributed by atoms with Gasteiger partial charge < -0.3 is 0 Å². The quantitative estimate of drug-likeness (QED) is 0.601. The van der Waals surface area contributed by atoms with Crippen LogP contribution < -0.4 is 10.6 Å². The van der Waals surface area contributed by atoms with Crippen LogP contribution in [0.5, 0.6) is 0 Å². The summed E-state index contributed by atoms with van der Waals surface area (Å²) in [6.45, 7) is 14.1. The topological polar surface area (TPSA) is 92.3 Å². The molecule has 2 atom stereocenters. The lowest BCUT2D eigenvalue weighted by atomic mass is 9.35. The molecule has 0 fully saturated rings. The molecule has 126 valence electrons. The van der Waals surface area contributed by atoms with E-state index in [9.17, 15) is 19.2 Å². The maximum Gasteiger partial charge on any atom is 0.255 e. The van der Waals surface area contributed by atoms with Crippen LogP contribution in [0.4, 0.5) is 0 Å². The molecule has 6 heteroatoms. The summed E-state index contributed by atoms with van der Waals surface area (Å²) in [5.41, 5.74) is 1.08. The van der Waals surface area contributed by atoms with E-state index in [0.29, 0.717) is 0 Å². The van der Waals surface area contributed by atoms with Gasteiger partial charge in [0.15, 0.2) is 0 Å². The van der Waals surface area contributed by atoms with E-state index >= 15 is 0 Å². The summed E-state index contributed by atoms with van der Waals surface area (Å²) in [6, 6.07) is 0. The third-order valence-electron chi connectivity index (χ3n) is 5.61. The molecule has 0 heterocycles. The van der Waals surface area contributed by atoms with E-state index in [4.69, 9.17) is 0 Å². The van der Waals surface area contributed by atoms with Crippen molar-refractivity contribution in [2.75, 3.05) is 0 Å². The summed E-state index contributed by atoms with van der Waals surface area (Å²) in [7, 11) is 0. The van der Waals surface area contributed by atoms with Gasteiger partial charge >= 0.3 is 0 Å². The highest BCUT2D eigenvalue weighted by Gasteiger charge is 2.70. The summed E-state index contributed by atoms with van der Waals surface area (Å²) in [5, 5.41) is 4.37. The van der Waals surface area contributed by atoms with Gasteiger partial charge in [0.2, 0.25) is 11.8 Å². The Hall–Kier alpha value is -2.76. The van der Waals surface area contributed by atoms with Crippen molar-refractivity contribution in [1.29, 1.82) is 0 Å². The minimum atomic E-state index is -0.650. The van der Waals surface area contributed by atoms with E-state index in [1.54, 1.807) is 0 Å². The van der Waals surface area contributed by atoms with Gasteiger partial charge in [-0.25, -0.2) is 0 Å². The highest BCUT2D eigenvalue weighted by atomic mass is 16.2. The summed E-state index contributed by atoms with van der Waals surface area (Å²) in [4.78, 5) is 47.9. The van der Waals surface area contributed by atoms with Crippen LogP contribution in [-0.4, -0.2) is 23.6 Å². The van der Waals surface area contributed by atoms with Gasteiger partial charge in [-0.3, -0.25) is 29.8 Å². The molecule has 6 nitrogen and oxygen atoms in total. The second-order valence-corrected chi connectivity index (χ2v) is 6.29. The Balaban J connectivity index is 2.51. The van der Waals surface area contributed by atoms with Gasteiger partial charge in [-0.1, -0.05) is 38.2 Å². The lowest BCUT2D eigenvalue weighted by molar-refractivity contribution is -0.132. The molecule has 0 saturated heterocycles. The molecule has 2 unspecified atom stereocenters.